The molecule has 204 valence electrons. The minimum Gasteiger partial charge on any atom is -0.452 e. The van der Waals surface area contributed by atoms with Crippen molar-refractivity contribution >= 4 is 46.0 Å². The Bertz CT molecular complexity index is 1610. The highest BCUT2D eigenvalue weighted by atomic mass is 35.5. The van der Waals surface area contributed by atoms with Crippen LogP contribution in [0, 0.1) is 5.82 Å². The van der Waals surface area contributed by atoms with Crippen molar-refractivity contribution in [3.63, 3.8) is 0 Å². The molecule has 0 unspecified atom stereocenters. The van der Waals surface area contributed by atoms with Crippen LogP contribution >= 0.6 is 11.6 Å². The zero-order valence-corrected chi connectivity index (χ0v) is 23.5. The molecule has 1 aliphatic carbocycles. The van der Waals surface area contributed by atoms with Gasteiger partial charge < -0.3 is 9.64 Å². The van der Waals surface area contributed by atoms with Crippen LogP contribution in [0.25, 0.3) is 22.6 Å². The van der Waals surface area contributed by atoms with Gasteiger partial charge in [0.05, 0.1) is 21.8 Å². The van der Waals surface area contributed by atoms with Crippen molar-refractivity contribution < 1.29 is 18.7 Å². The van der Waals surface area contributed by atoms with Crippen molar-refractivity contribution in [1.29, 1.82) is 0 Å². The smallest absolute Gasteiger partial charge is 0.339 e. The van der Waals surface area contributed by atoms with E-state index in [2.05, 4.69) is 0 Å². The first kappa shape index (κ1) is 27.5. The van der Waals surface area contributed by atoms with Crippen LogP contribution in [0.1, 0.15) is 59.9 Å². The molecule has 0 saturated heterocycles. The number of halogens is 2. The molecule has 0 aliphatic heterocycles. The first-order valence-corrected chi connectivity index (χ1v) is 13.6. The first-order valence-electron chi connectivity index (χ1n) is 13.2. The zero-order valence-electron chi connectivity index (χ0n) is 22.7. The fourth-order valence-electron chi connectivity index (χ4n) is 5.08. The molecule has 1 aromatic heterocycles. The van der Waals surface area contributed by atoms with Crippen LogP contribution < -0.4 is 0 Å². The number of carbonyl (C=O) groups is 2. The molecule has 1 amide bonds. The average molecular weight is 557 g/mol. The number of ether oxygens (including phenoxy) is 1. The molecular formula is C33H30ClFN2O3. The van der Waals surface area contributed by atoms with Gasteiger partial charge in [-0.2, -0.15) is 0 Å². The van der Waals surface area contributed by atoms with E-state index in [4.69, 9.17) is 21.3 Å². The van der Waals surface area contributed by atoms with Crippen LogP contribution in [0.5, 0.6) is 0 Å². The summed E-state index contributed by atoms with van der Waals surface area (Å²) in [6, 6.07) is 21.6. The molecule has 5 rings (SSSR count). The standard InChI is InChI=1S/C33H30ClFN2O3/c1-33(2,3)37(19-21-10-5-4-6-11-21)29(38)20-40-32(39)30-23-12-7-8-15-28(23)36-31-22(16-17-24(30)31)18-25-26(34)13-9-14-27(25)35/h4-15,18H,16-17,19-20H2,1-3H3/b22-18-. The third-order valence-electron chi connectivity index (χ3n) is 7.09. The van der Waals surface area contributed by atoms with E-state index in [1.54, 1.807) is 23.1 Å². The highest BCUT2D eigenvalue weighted by molar-refractivity contribution is 6.32. The van der Waals surface area contributed by atoms with Crippen molar-refractivity contribution in [2.75, 3.05) is 6.61 Å². The maximum absolute atomic E-state index is 14.5. The molecule has 1 heterocycles. The van der Waals surface area contributed by atoms with Crippen LogP contribution in [0.15, 0.2) is 72.8 Å². The topological polar surface area (TPSA) is 59.5 Å². The minimum atomic E-state index is -0.582. The maximum atomic E-state index is 14.5. The van der Waals surface area contributed by atoms with Crippen LogP contribution in [0.2, 0.25) is 5.02 Å². The van der Waals surface area contributed by atoms with E-state index in [0.717, 1.165) is 16.7 Å². The number of fused-ring (bicyclic) bond motifs is 2. The van der Waals surface area contributed by atoms with Crippen molar-refractivity contribution in [2.45, 2.75) is 45.7 Å². The predicted molar refractivity (Wildman–Crippen MR) is 156 cm³/mol. The van der Waals surface area contributed by atoms with E-state index in [1.807, 2.05) is 75.4 Å². The Morgan fingerprint density at radius 3 is 2.45 bits per heavy atom. The summed E-state index contributed by atoms with van der Waals surface area (Å²) in [4.78, 5) is 33.5. The molecular weight excluding hydrogens is 527 g/mol. The molecule has 0 atom stereocenters. The number of aromatic nitrogens is 1. The number of hydrogen-bond acceptors (Lipinski definition) is 4. The molecule has 0 saturated carbocycles. The lowest BCUT2D eigenvalue weighted by Gasteiger charge is -2.35. The summed E-state index contributed by atoms with van der Waals surface area (Å²) in [5, 5.41) is 0.958. The summed E-state index contributed by atoms with van der Waals surface area (Å²) in [5.41, 5.74) is 3.96. The molecule has 40 heavy (non-hydrogen) atoms. The number of rotatable bonds is 6. The predicted octanol–water partition coefficient (Wildman–Crippen LogP) is 7.50. The van der Waals surface area contributed by atoms with Crippen LogP contribution in [-0.2, 0) is 22.5 Å². The van der Waals surface area contributed by atoms with E-state index in [1.165, 1.54) is 6.07 Å². The van der Waals surface area contributed by atoms with E-state index < -0.39 is 17.3 Å². The van der Waals surface area contributed by atoms with Gasteiger partial charge in [-0.3, -0.25) is 4.79 Å². The number of benzene rings is 3. The van der Waals surface area contributed by atoms with Gasteiger partial charge in [0.2, 0.25) is 0 Å². The Kier molecular flexibility index (Phi) is 7.72. The number of allylic oxidation sites excluding steroid dienone is 1. The minimum absolute atomic E-state index is 0.283. The van der Waals surface area contributed by atoms with Crippen molar-refractivity contribution in [3.8, 4) is 0 Å². The Morgan fingerprint density at radius 1 is 1.00 bits per heavy atom. The van der Waals surface area contributed by atoms with Gasteiger partial charge in [-0.1, -0.05) is 66.2 Å². The van der Waals surface area contributed by atoms with Crippen LogP contribution in [0.3, 0.4) is 0 Å². The number of para-hydroxylation sites is 1. The van der Waals surface area contributed by atoms with Gasteiger partial charge in [-0.15, -0.1) is 0 Å². The second kappa shape index (κ2) is 11.2. The van der Waals surface area contributed by atoms with Gasteiger partial charge >= 0.3 is 5.97 Å². The number of nitrogens with zero attached hydrogens (tertiary/aromatic N) is 2. The quantitative estimate of drug-likeness (QED) is 0.231. The molecule has 0 bridgehead atoms. The molecule has 0 N–H and O–H groups in total. The lowest BCUT2D eigenvalue weighted by Crippen LogP contribution is -2.46. The number of carbonyl (C=O) groups excluding carboxylic acids is 2. The lowest BCUT2D eigenvalue weighted by molar-refractivity contribution is -0.140. The normalized spacial score (nSPS) is 13.9. The fourth-order valence-corrected chi connectivity index (χ4v) is 5.30. The number of pyridine rings is 1. The Morgan fingerprint density at radius 2 is 1.73 bits per heavy atom. The first-order chi connectivity index (χ1) is 19.1. The number of amides is 1. The third-order valence-corrected chi connectivity index (χ3v) is 7.41. The van der Waals surface area contributed by atoms with Crippen molar-refractivity contribution in [2.24, 2.45) is 0 Å². The molecule has 1 aliphatic rings. The van der Waals surface area contributed by atoms with E-state index in [-0.39, 0.29) is 18.1 Å². The van der Waals surface area contributed by atoms with E-state index >= 15 is 0 Å². The van der Waals surface area contributed by atoms with Gasteiger partial charge in [-0.05, 0) is 74.6 Å². The molecule has 5 nitrogen and oxygen atoms in total. The molecule has 7 heteroatoms. The largest absolute Gasteiger partial charge is 0.452 e. The lowest BCUT2D eigenvalue weighted by atomic mass is 10.0. The Hall–Kier alpha value is -4.03. The summed E-state index contributed by atoms with van der Waals surface area (Å²) >= 11 is 6.28. The maximum Gasteiger partial charge on any atom is 0.339 e. The van der Waals surface area contributed by atoms with Gasteiger partial charge in [0.1, 0.15) is 5.82 Å². The molecule has 3 aromatic carbocycles. The van der Waals surface area contributed by atoms with Crippen molar-refractivity contribution in [3.05, 3.63) is 112 Å². The number of hydrogen-bond donors (Lipinski definition) is 0. The van der Waals surface area contributed by atoms with Gasteiger partial charge in [0, 0.05) is 23.0 Å². The summed E-state index contributed by atoms with van der Waals surface area (Å²) in [5.74, 6) is -1.29. The zero-order chi connectivity index (χ0) is 28.4. The monoisotopic (exact) mass is 556 g/mol. The summed E-state index contributed by atoms with van der Waals surface area (Å²) < 4.78 is 20.2. The van der Waals surface area contributed by atoms with E-state index in [0.29, 0.717) is 46.6 Å². The molecule has 4 aromatic rings. The SMILES string of the molecule is CC(C)(C)N(Cc1ccccc1)C(=O)COC(=O)c1c2c(nc3ccccc13)/C(=C\c1c(F)cccc1Cl)CC2. The highest BCUT2D eigenvalue weighted by Gasteiger charge is 2.30. The van der Waals surface area contributed by atoms with Crippen molar-refractivity contribution in [1.82, 2.24) is 9.88 Å². The molecule has 0 fully saturated rings. The van der Waals surface area contributed by atoms with Crippen LogP contribution in [-0.4, -0.2) is 33.9 Å². The number of esters is 1. The molecule has 0 radical (unpaired) electrons. The summed E-state index contributed by atoms with van der Waals surface area (Å²) in [7, 11) is 0. The Labute approximate surface area is 238 Å². The second-order valence-corrected chi connectivity index (χ2v) is 11.3. The summed E-state index contributed by atoms with van der Waals surface area (Å²) in [6.45, 7) is 5.88. The second-order valence-electron chi connectivity index (χ2n) is 10.8. The van der Waals surface area contributed by atoms with Gasteiger partial charge in [0.25, 0.3) is 5.91 Å². The average Bonchev–Trinajstić information content (AvgIpc) is 3.32. The fraction of sp³-hybridized carbons (Fsp3) is 0.242. The van der Waals surface area contributed by atoms with E-state index in [9.17, 15) is 14.0 Å². The van der Waals surface area contributed by atoms with Gasteiger partial charge in [-0.25, -0.2) is 14.2 Å². The Balaban J connectivity index is 1.46. The summed E-state index contributed by atoms with van der Waals surface area (Å²) in [6.07, 6.45) is 2.80. The molecule has 0 spiro atoms. The van der Waals surface area contributed by atoms with Crippen LogP contribution in [0.4, 0.5) is 4.39 Å². The van der Waals surface area contributed by atoms with Gasteiger partial charge in [0.15, 0.2) is 6.61 Å². The highest BCUT2D eigenvalue weighted by Crippen LogP contribution is 2.39. The third kappa shape index (κ3) is 5.63.